The van der Waals surface area contributed by atoms with Gasteiger partial charge in [0.1, 0.15) is 0 Å². The van der Waals surface area contributed by atoms with Gasteiger partial charge in [-0.25, -0.2) is 0 Å². The van der Waals surface area contributed by atoms with Crippen molar-refractivity contribution < 1.29 is 0 Å². The molecular formula is C13H28N2. The molecule has 2 nitrogen and oxygen atoms in total. The molecule has 1 aliphatic heterocycles. The fourth-order valence-corrected chi connectivity index (χ4v) is 2.20. The Bertz CT molecular complexity index is 199. The Kier molecular flexibility index (Phi) is 4.19. The number of piperidine rings is 1. The predicted molar refractivity (Wildman–Crippen MR) is 66.9 cm³/mol. The van der Waals surface area contributed by atoms with Crippen LogP contribution in [-0.2, 0) is 0 Å². The van der Waals surface area contributed by atoms with Crippen LogP contribution in [0.4, 0.5) is 0 Å². The number of likely N-dealkylation sites (tertiary alicyclic amines) is 1. The lowest BCUT2D eigenvalue weighted by molar-refractivity contribution is 0.0743. The van der Waals surface area contributed by atoms with Crippen LogP contribution in [-0.4, -0.2) is 30.1 Å². The number of hydrogen-bond acceptors (Lipinski definition) is 2. The van der Waals surface area contributed by atoms with Gasteiger partial charge in [-0.2, -0.15) is 0 Å². The molecule has 0 aromatic heterocycles. The van der Waals surface area contributed by atoms with Crippen molar-refractivity contribution in [1.29, 1.82) is 0 Å². The summed E-state index contributed by atoms with van der Waals surface area (Å²) in [6, 6.07) is 1.09. The first kappa shape index (κ1) is 13.0. The van der Waals surface area contributed by atoms with Crippen LogP contribution in [0.15, 0.2) is 0 Å². The van der Waals surface area contributed by atoms with Crippen molar-refractivity contribution in [3.05, 3.63) is 0 Å². The van der Waals surface area contributed by atoms with Gasteiger partial charge >= 0.3 is 0 Å². The molecule has 2 atom stereocenters. The van der Waals surface area contributed by atoms with Gasteiger partial charge in [0.05, 0.1) is 0 Å². The molecule has 2 N–H and O–H groups in total. The van der Waals surface area contributed by atoms with Crippen molar-refractivity contribution in [1.82, 2.24) is 4.90 Å². The highest BCUT2D eigenvalue weighted by Gasteiger charge is 2.30. The SMILES string of the molecule is CC1CC(N)CCN1CC(C)(C)C(C)C. The molecule has 1 aliphatic rings. The molecule has 0 bridgehead atoms. The fraction of sp³-hybridized carbons (Fsp3) is 1.00. The first-order valence-corrected chi connectivity index (χ1v) is 6.32. The first-order chi connectivity index (χ1) is 6.83. The number of rotatable bonds is 3. The zero-order chi connectivity index (χ0) is 11.6. The quantitative estimate of drug-likeness (QED) is 0.779. The van der Waals surface area contributed by atoms with Gasteiger partial charge in [0.25, 0.3) is 0 Å². The summed E-state index contributed by atoms with van der Waals surface area (Å²) < 4.78 is 0. The van der Waals surface area contributed by atoms with Gasteiger partial charge in [-0.05, 0) is 37.6 Å². The third-order valence-electron chi connectivity index (χ3n) is 4.23. The van der Waals surface area contributed by atoms with Crippen LogP contribution in [0.1, 0.15) is 47.5 Å². The van der Waals surface area contributed by atoms with E-state index < -0.39 is 0 Å². The maximum absolute atomic E-state index is 5.98. The van der Waals surface area contributed by atoms with Crippen LogP contribution in [0.2, 0.25) is 0 Å². The second-order valence-electron chi connectivity index (χ2n) is 6.25. The zero-order valence-corrected chi connectivity index (χ0v) is 11.1. The van der Waals surface area contributed by atoms with Crippen LogP contribution in [0.25, 0.3) is 0 Å². The van der Waals surface area contributed by atoms with E-state index >= 15 is 0 Å². The van der Waals surface area contributed by atoms with Crippen LogP contribution >= 0.6 is 0 Å². The monoisotopic (exact) mass is 212 g/mol. The molecule has 0 aliphatic carbocycles. The molecule has 2 heteroatoms. The highest BCUT2D eigenvalue weighted by molar-refractivity contribution is 4.85. The Morgan fingerprint density at radius 2 is 2.00 bits per heavy atom. The van der Waals surface area contributed by atoms with Crippen LogP contribution < -0.4 is 5.73 Å². The lowest BCUT2D eigenvalue weighted by Crippen LogP contribution is -2.49. The predicted octanol–water partition coefficient (Wildman–Crippen LogP) is 2.48. The fourth-order valence-electron chi connectivity index (χ4n) is 2.20. The summed E-state index contributed by atoms with van der Waals surface area (Å²) in [5.41, 5.74) is 6.40. The normalized spacial score (nSPS) is 29.8. The van der Waals surface area contributed by atoms with Crippen molar-refractivity contribution in [3.63, 3.8) is 0 Å². The maximum atomic E-state index is 5.98. The van der Waals surface area contributed by atoms with Crippen molar-refractivity contribution >= 4 is 0 Å². The Balaban J connectivity index is 2.51. The molecule has 0 saturated carbocycles. The van der Waals surface area contributed by atoms with E-state index in [-0.39, 0.29) is 0 Å². The summed E-state index contributed by atoms with van der Waals surface area (Å²) in [6.45, 7) is 14.1. The smallest absolute Gasteiger partial charge is 0.00819 e. The van der Waals surface area contributed by atoms with Gasteiger partial charge in [0.2, 0.25) is 0 Å². The van der Waals surface area contributed by atoms with Crippen LogP contribution in [0.3, 0.4) is 0 Å². The lowest BCUT2D eigenvalue weighted by atomic mass is 9.80. The average molecular weight is 212 g/mol. The summed E-state index contributed by atoms with van der Waals surface area (Å²) in [4.78, 5) is 2.61. The van der Waals surface area contributed by atoms with E-state index in [1.165, 1.54) is 19.5 Å². The Morgan fingerprint density at radius 1 is 1.40 bits per heavy atom. The molecule has 15 heavy (non-hydrogen) atoms. The van der Waals surface area contributed by atoms with Crippen LogP contribution in [0.5, 0.6) is 0 Å². The number of nitrogens with zero attached hydrogens (tertiary/aromatic N) is 1. The topological polar surface area (TPSA) is 29.3 Å². The summed E-state index contributed by atoms with van der Waals surface area (Å²) in [6.07, 6.45) is 2.33. The Hall–Kier alpha value is -0.0800. The van der Waals surface area contributed by atoms with Crippen molar-refractivity contribution in [3.8, 4) is 0 Å². The summed E-state index contributed by atoms with van der Waals surface area (Å²) in [7, 11) is 0. The third kappa shape index (κ3) is 3.46. The molecule has 0 aromatic rings. The van der Waals surface area contributed by atoms with E-state index in [0.29, 0.717) is 17.5 Å². The molecular weight excluding hydrogens is 184 g/mol. The average Bonchev–Trinajstić information content (AvgIpc) is 2.09. The van der Waals surface area contributed by atoms with E-state index in [1.807, 2.05) is 0 Å². The lowest BCUT2D eigenvalue weighted by Gasteiger charge is -2.42. The minimum Gasteiger partial charge on any atom is -0.328 e. The zero-order valence-electron chi connectivity index (χ0n) is 11.1. The Morgan fingerprint density at radius 3 is 2.47 bits per heavy atom. The number of hydrogen-bond donors (Lipinski definition) is 1. The number of nitrogens with two attached hydrogens (primary N) is 1. The van der Waals surface area contributed by atoms with Crippen molar-refractivity contribution in [2.75, 3.05) is 13.1 Å². The van der Waals surface area contributed by atoms with E-state index in [0.717, 1.165) is 12.3 Å². The van der Waals surface area contributed by atoms with E-state index in [2.05, 4.69) is 39.5 Å². The standard InChI is InChI=1S/C13H28N2/c1-10(2)13(4,5)9-15-7-6-12(14)8-11(15)3/h10-12H,6-9,14H2,1-5H3. The minimum atomic E-state index is 0.412. The first-order valence-electron chi connectivity index (χ1n) is 6.32. The highest BCUT2D eigenvalue weighted by atomic mass is 15.2. The van der Waals surface area contributed by atoms with E-state index in [1.54, 1.807) is 0 Å². The molecule has 2 unspecified atom stereocenters. The molecule has 1 heterocycles. The second kappa shape index (κ2) is 4.84. The van der Waals surface area contributed by atoms with Gasteiger partial charge in [-0.3, -0.25) is 0 Å². The van der Waals surface area contributed by atoms with Crippen LogP contribution in [0, 0.1) is 11.3 Å². The molecule has 1 fully saturated rings. The maximum Gasteiger partial charge on any atom is 0.00819 e. The van der Waals surface area contributed by atoms with Gasteiger partial charge in [-0.1, -0.05) is 27.7 Å². The summed E-state index contributed by atoms with van der Waals surface area (Å²) in [5.74, 6) is 0.736. The van der Waals surface area contributed by atoms with Gasteiger partial charge < -0.3 is 10.6 Å². The van der Waals surface area contributed by atoms with Crippen molar-refractivity contribution in [2.45, 2.75) is 59.5 Å². The third-order valence-corrected chi connectivity index (χ3v) is 4.23. The molecule has 90 valence electrons. The van der Waals surface area contributed by atoms with E-state index in [9.17, 15) is 0 Å². The molecule has 0 aromatic carbocycles. The summed E-state index contributed by atoms with van der Waals surface area (Å²) >= 11 is 0. The van der Waals surface area contributed by atoms with Gasteiger partial charge in [0, 0.05) is 18.6 Å². The summed E-state index contributed by atoms with van der Waals surface area (Å²) in [5, 5.41) is 0. The molecule has 0 amide bonds. The van der Waals surface area contributed by atoms with Gasteiger partial charge in [-0.15, -0.1) is 0 Å². The van der Waals surface area contributed by atoms with Gasteiger partial charge in [0.15, 0.2) is 0 Å². The largest absolute Gasteiger partial charge is 0.328 e. The van der Waals surface area contributed by atoms with E-state index in [4.69, 9.17) is 5.73 Å². The molecule has 1 saturated heterocycles. The highest BCUT2D eigenvalue weighted by Crippen LogP contribution is 2.29. The minimum absolute atomic E-state index is 0.412. The molecule has 1 rings (SSSR count). The van der Waals surface area contributed by atoms with Crippen molar-refractivity contribution in [2.24, 2.45) is 17.1 Å². The second-order valence-corrected chi connectivity index (χ2v) is 6.25. The molecule has 0 radical (unpaired) electrons. The Labute approximate surface area is 95.2 Å². The molecule has 0 spiro atoms.